The third kappa shape index (κ3) is 2.65. The molecule has 17 heavy (non-hydrogen) atoms. The first-order valence-corrected chi connectivity index (χ1v) is 6.68. The number of aromatic nitrogens is 1. The normalized spacial score (nSPS) is 12.4. The number of carboxylic acid groups (broad SMARTS) is 1. The molecule has 0 saturated carbocycles. The predicted octanol–water partition coefficient (Wildman–Crippen LogP) is 3.03. The van der Waals surface area contributed by atoms with Crippen molar-refractivity contribution < 1.29 is 14.6 Å². The minimum absolute atomic E-state index is 0.410. The Hall–Kier alpha value is -1.40. The van der Waals surface area contributed by atoms with E-state index in [-0.39, 0.29) is 0 Å². The molecule has 90 valence electrons. The molecule has 0 fully saturated rings. The number of nitrogens with zero attached hydrogens (tertiary/aromatic N) is 1. The number of hydrogen-bond donors (Lipinski definition) is 1. The maximum Gasteiger partial charge on any atom is 0.344 e. The SMILES string of the molecule is Cc1sc(-c2cccs2)nc1OC(C)C(=O)O. The summed E-state index contributed by atoms with van der Waals surface area (Å²) >= 11 is 3.11. The number of carboxylic acids is 1. The molecule has 0 spiro atoms. The largest absolute Gasteiger partial charge is 0.479 e. The summed E-state index contributed by atoms with van der Waals surface area (Å²) < 4.78 is 5.29. The molecule has 1 N–H and O–H groups in total. The van der Waals surface area contributed by atoms with Crippen molar-refractivity contribution in [1.29, 1.82) is 0 Å². The molecule has 0 radical (unpaired) electrons. The van der Waals surface area contributed by atoms with Crippen LogP contribution < -0.4 is 4.74 Å². The van der Waals surface area contributed by atoms with Gasteiger partial charge in [-0.3, -0.25) is 0 Å². The van der Waals surface area contributed by atoms with Gasteiger partial charge >= 0.3 is 5.97 Å². The minimum Gasteiger partial charge on any atom is -0.479 e. The van der Waals surface area contributed by atoms with Gasteiger partial charge in [-0.25, -0.2) is 9.78 Å². The summed E-state index contributed by atoms with van der Waals surface area (Å²) in [7, 11) is 0. The van der Waals surface area contributed by atoms with Crippen molar-refractivity contribution in [2.24, 2.45) is 0 Å². The summed E-state index contributed by atoms with van der Waals surface area (Å²) in [5.41, 5.74) is 0. The van der Waals surface area contributed by atoms with Gasteiger partial charge in [0.05, 0.1) is 9.75 Å². The maximum atomic E-state index is 10.7. The molecule has 1 atom stereocenters. The van der Waals surface area contributed by atoms with Crippen molar-refractivity contribution in [3.05, 3.63) is 22.4 Å². The smallest absolute Gasteiger partial charge is 0.344 e. The van der Waals surface area contributed by atoms with Crippen molar-refractivity contribution in [1.82, 2.24) is 4.98 Å². The third-order valence-electron chi connectivity index (χ3n) is 2.12. The lowest BCUT2D eigenvalue weighted by molar-refractivity contribution is -0.144. The lowest BCUT2D eigenvalue weighted by atomic mass is 10.4. The molecule has 0 aliphatic rings. The number of thiophene rings is 1. The Morgan fingerprint density at radius 1 is 1.59 bits per heavy atom. The lowest BCUT2D eigenvalue weighted by Crippen LogP contribution is -2.23. The van der Waals surface area contributed by atoms with Crippen LogP contribution in [0.5, 0.6) is 5.88 Å². The fraction of sp³-hybridized carbons (Fsp3) is 0.273. The molecule has 0 aliphatic heterocycles. The average Bonchev–Trinajstić information content (AvgIpc) is 2.88. The summed E-state index contributed by atoms with van der Waals surface area (Å²) in [6.07, 6.45) is -0.882. The highest BCUT2D eigenvalue weighted by molar-refractivity contribution is 7.21. The van der Waals surface area contributed by atoms with Crippen molar-refractivity contribution in [3.63, 3.8) is 0 Å². The highest BCUT2D eigenvalue weighted by Gasteiger charge is 2.17. The molecule has 2 aromatic rings. The van der Waals surface area contributed by atoms with Gasteiger partial charge in [-0.1, -0.05) is 6.07 Å². The number of rotatable bonds is 4. The van der Waals surface area contributed by atoms with E-state index in [4.69, 9.17) is 9.84 Å². The summed E-state index contributed by atoms with van der Waals surface area (Å²) in [6.45, 7) is 3.37. The van der Waals surface area contributed by atoms with Gasteiger partial charge in [-0.2, -0.15) is 0 Å². The Labute approximate surface area is 107 Å². The van der Waals surface area contributed by atoms with E-state index in [1.54, 1.807) is 11.3 Å². The van der Waals surface area contributed by atoms with Crippen LogP contribution in [0, 0.1) is 6.92 Å². The van der Waals surface area contributed by atoms with E-state index < -0.39 is 12.1 Å². The molecule has 2 rings (SSSR count). The fourth-order valence-electron chi connectivity index (χ4n) is 1.22. The standard InChI is InChI=1S/C11H11NO3S2/c1-6(11(13)14)15-9-7(2)17-10(12-9)8-4-3-5-16-8/h3-6H,1-2H3,(H,13,14). The number of ether oxygens (including phenoxy) is 1. The number of aliphatic carboxylic acids is 1. The second kappa shape index (κ2) is 4.85. The van der Waals surface area contributed by atoms with Crippen molar-refractivity contribution in [3.8, 4) is 15.8 Å². The van der Waals surface area contributed by atoms with Gasteiger partial charge in [0, 0.05) is 0 Å². The summed E-state index contributed by atoms with van der Waals surface area (Å²) in [6, 6.07) is 3.94. The summed E-state index contributed by atoms with van der Waals surface area (Å²) in [4.78, 5) is 17.0. The number of hydrogen-bond acceptors (Lipinski definition) is 5. The number of carbonyl (C=O) groups is 1. The number of aryl methyl sites for hydroxylation is 1. The van der Waals surface area contributed by atoms with Crippen LogP contribution in [0.2, 0.25) is 0 Å². The molecule has 2 heterocycles. The van der Waals surface area contributed by atoms with Gasteiger partial charge in [-0.05, 0) is 25.3 Å². The first kappa shape index (κ1) is 12.1. The van der Waals surface area contributed by atoms with Gasteiger partial charge in [0.25, 0.3) is 0 Å². The van der Waals surface area contributed by atoms with Crippen molar-refractivity contribution in [2.45, 2.75) is 20.0 Å². The lowest BCUT2D eigenvalue weighted by Gasteiger charge is -2.07. The Bertz CT molecular complexity index is 519. The van der Waals surface area contributed by atoms with Gasteiger partial charge in [0.15, 0.2) is 6.10 Å². The van der Waals surface area contributed by atoms with Crippen molar-refractivity contribution in [2.75, 3.05) is 0 Å². The fourth-order valence-corrected chi connectivity index (χ4v) is 2.86. The van der Waals surface area contributed by atoms with E-state index in [1.165, 1.54) is 18.3 Å². The van der Waals surface area contributed by atoms with Gasteiger partial charge in [-0.15, -0.1) is 22.7 Å². The van der Waals surface area contributed by atoms with Crippen LogP contribution >= 0.6 is 22.7 Å². The highest BCUT2D eigenvalue weighted by atomic mass is 32.1. The quantitative estimate of drug-likeness (QED) is 0.926. The van der Waals surface area contributed by atoms with E-state index in [2.05, 4.69) is 4.98 Å². The molecule has 0 amide bonds. The molecule has 0 saturated heterocycles. The Kier molecular flexibility index (Phi) is 3.44. The maximum absolute atomic E-state index is 10.7. The zero-order valence-corrected chi connectivity index (χ0v) is 11.0. The van der Waals surface area contributed by atoms with Crippen LogP contribution in [0.3, 0.4) is 0 Å². The molecular weight excluding hydrogens is 258 g/mol. The topological polar surface area (TPSA) is 59.4 Å². The molecule has 0 aliphatic carbocycles. The third-order valence-corrected chi connectivity index (χ3v) is 4.11. The van der Waals surface area contributed by atoms with E-state index in [9.17, 15) is 4.79 Å². The number of thiazole rings is 1. The first-order valence-electron chi connectivity index (χ1n) is 4.98. The van der Waals surface area contributed by atoms with Crippen LogP contribution in [-0.4, -0.2) is 22.2 Å². The van der Waals surface area contributed by atoms with E-state index in [1.807, 2.05) is 24.4 Å². The summed E-state index contributed by atoms with van der Waals surface area (Å²) in [5.74, 6) is -0.580. The van der Waals surface area contributed by atoms with Gasteiger partial charge in [0.2, 0.25) is 5.88 Å². The summed E-state index contributed by atoms with van der Waals surface area (Å²) in [5, 5.41) is 11.6. The molecule has 0 aromatic carbocycles. The Balaban J connectivity index is 2.22. The zero-order valence-electron chi connectivity index (χ0n) is 9.34. The van der Waals surface area contributed by atoms with Crippen LogP contribution in [-0.2, 0) is 4.79 Å². The van der Waals surface area contributed by atoms with E-state index in [0.29, 0.717) is 5.88 Å². The van der Waals surface area contributed by atoms with Gasteiger partial charge in [0.1, 0.15) is 5.01 Å². The molecule has 2 aromatic heterocycles. The molecule has 4 nitrogen and oxygen atoms in total. The van der Waals surface area contributed by atoms with Crippen LogP contribution in [0.25, 0.3) is 9.88 Å². The van der Waals surface area contributed by atoms with Crippen LogP contribution in [0.4, 0.5) is 0 Å². The molecule has 0 bridgehead atoms. The second-order valence-electron chi connectivity index (χ2n) is 3.46. The zero-order chi connectivity index (χ0) is 12.4. The molecule has 6 heteroatoms. The second-order valence-corrected chi connectivity index (χ2v) is 5.61. The Morgan fingerprint density at radius 3 is 2.94 bits per heavy atom. The highest BCUT2D eigenvalue weighted by Crippen LogP contribution is 2.34. The van der Waals surface area contributed by atoms with Gasteiger partial charge < -0.3 is 9.84 Å². The van der Waals surface area contributed by atoms with Crippen molar-refractivity contribution >= 4 is 28.6 Å². The Morgan fingerprint density at radius 2 is 2.35 bits per heavy atom. The first-order chi connectivity index (χ1) is 8.08. The molecule has 1 unspecified atom stereocenters. The van der Waals surface area contributed by atoms with E-state index in [0.717, 1.165) is 14.8 Å². The average molecular weight is 269 g/mol. The van der Waals surface area contributed by atoms with E-state index >= 15 is 0 Å². The van der Waals surface area contributed by atoms with Crippen LogP contribution in [0.1, 0.15) is 11.8 Å². The minimum atomic E-state index is -0.991. The monoisotopic (exact) mass is 269 g/mol. The predicted molar refractivity (Wildman–Crippen MR) is 67.9 cm³/mol. The molecular formula is C11H11NO3S2. The van der Waals surface area contributed by atoms with Crippen LogP contribution in [0.15, 0.2) is 17.5 Å².